The number of hydrogen-bond donors (Lipinski definition) is 0. The third kappa shape index (κ3) is 3.40. The van der Waals surface area contributed by atoms with E-state index < -0.39 is 9.56 Å². The molecule has 0 spiro atoms. The van der Waals surface area contributed by atoms with Crippen LogP contribution in [0.3, 0.4) is 0 Å². The molecule has 0 unspecified atom stereocenters. The van der Waals surface area contributed by atoms with Gasteiger partial charge in [-0.1, -0.05) is 0 Å². The molecular formula is C2HClF3I. The third-order valence-corrected chi connectivity index (χ3v) is 1.59. The normalized spacial score (nSPS) is 16.7. The zero-order valence-corrected chi connectivity index (χ0v) is 5.88. The molecule has 0 saturated heterocycles. The van der Waals surface area contributed by atoms with E-state index >= 15 is 0 Å². The van der Waals surface area contributed by atoms with E-state index in [9.17, 15) is 13.2 Å². The Labute approximate surface area is 57.2 Å². The quantitative estimate of drug-likeness (QED) is 0.491. The van der Waals surface area contributed by atoms with Crippen LogP contribution in [0.1, 0.15) is 0 Å². The lowest BCUT2D eigenvalue weighted by Gasteiger charge is -2.04. The molecule has 0 bridgehead atoms. The van der Waals surface area contributed by atoms with Gasteiger partial charge in [0.1, 0.15) is 0 Å². The van der Waals surface area contributed by atoms with Crippen molar-refractivity contribution >= 4 is 34.2 Å². The molecule has 0 rings (SSSR count). The molecule has 1 atom stereocenters. The molecule has 0 amide bonds. The van der Waals surface area contributed by atoms with Gasteiger partial charge in [0, 0.05) is 0 Å². The molecular weight excluding hydrogens is 243 g/mol. The van der Waals surface area contributed by atoms with Crippen LogP contribution in [0.15, 0.2) is 0 Å². The van der Waals surface area contributed by atoms with Gasteiger partial charge in [-0.05, 0) is 34.2 Å². The second-order valence-corrected chi connectivity index (χ2v) is 2.44. The first-order chi connectivity index (χ1) is 2.94. The SMILES string of the molecule is F[C@@H](I)C(F)(F)Cl. The lowest BCUT2D eigenvalue weighted by molar-refractivity contribution is 0.0560. The first-order valence-electron chi connectivity index (χ1n) is 1.29. The highest BCUT2D eigenvalue weighted by atomic mass is 127. The van der Waals surface area contributed by atoms with Gasteiger partial charge < -0.3 is 0 Å². The highest BCUT2D eigenvalue weighted by molar-refractivity contribution is 14.1. The Hall–Kier alpha value is 0.810. The molecule has 0 saturated carbocycles. The molecule has 0 aliphatic heterocycles. The van der Waals surface area contributed by atoms with Crippen LogP contribution in [-0.2, 0) is 0 Å². The van der Waals surface area contributed by atoms with E-state index in [1.807, 2.05) is 0 Å². The topological polar surface area (TPSA) is 0 Å². The summed E-state index contributed by atoms with van der Waals surface area (Å²) in [5.41, 5.74) is 0. The monoisotopic (exact) mass is 244 g/mol. The van der Waals surface area contributed by atoms with Gasteiger partial charge >= 0.3 is 5.38 Å². The van der Waals surface area contributed by atoms with Crippen molar-refractivity contribution in [3.63, 3.8) is 0 Å². The van der Waals surface area contributed by atoms with Crippen molar-refractivity contribution in [2.45, 2.75) is 9.56 Å². The second kappa shape index (κ2) is 2.39. The minimum Gasteiger partial charge on any atom is -0.228 e. The fourth-order valence-corrected chi connectivity index (χ4v) is 0. The van der Waals surface area contributed by atoms with E-state index in [-0.39, 0.29) is 0 Å². The predicted octanol–water partition coefficient (Wildman–Crippen LogP) is 2.55. The maximum absolute atomic E-state index is 11.3. The van der Waals surface area contributed by atoms with Crippen LogP contribution in [-0.4, -0.2) is 9.56 Å². The fraction of sp³-hybridized carbons (Fsp3) is 1.00. The maximum Gasteiger partial charge on any atom is 0.361 e. The first-order valence-corrected chi connectivity index (χ1v) is 2.92. The zero-order valence-electron chi connectivity index (χ0n) is 2.97. The summed E-state index contributed by atoms with van der Waals surface area (Å²) >= 11 is 5.05. The average Bonchev–Trinajstić information content (AvgIpc) is 1.31. The second-order valence-electron chi connectivity index (χ2n) is 0.842. The van der Waals surface area contributed by atoms with Crippen LogP contribution in [0, 0.1) is 0 Å². The highest BCUT2D eigenvalue weighted by Crippen LogP contribution is 2.29. The van der Waals surface area contributed by atoms with Crippen molar-refractivity contribution in [1.29, 1.82) is 0 Å². The molecule has 0 radical (unpaired) electrons. The summed E-state index contributed by atoms with van der Waals surface area (Å²) in [5, 5.41) is -3.71. The molecule has 0 fully saturated rings. The molecule has 0 aromatic carbocycles. The Bertz CT molecular complexity index is 58.4. The Morgan fingerprint density at radius 2 is 1.71 bits per heavy atom. The number of alkyl halides is 5. The van der Waals surface area contributed by atoms with Gasteiger partial charge in [-0.3, -0.25) is 0 Å². The largest absolute Gasteiger partial charge is 0.361 e. The van der Waals surface area contributed by atoms with Gasteiger partial charge in [0.05, 0.1) is 0 Å². The number of halogens is 5. The van der Waals surface area contributed by atoms with Crippen LogP contribution < -0.4 is 0 Å². The van der Waals surface area contributed by atoms with Gasteiger partial charge in [-0.15, -0.1) is 0 Å². The molecule has 0 nitrogen and oxygen atoms in total. The maximum atomic E-state index is 11.3. The first kappa shape index (κ1) is 7.81. The highest BCUT2D eigenvalue weighted by Gasteiger charge is 2.34. The predicted molar refractivity (Wildman–Crippen MR) is 29.7 cm³/mol. The van der Waals surface area contributed by atoms with Gasteiger partial charge in [0.15, 0.2) is 0 Å². The molecule has 44 valence electrons. The molecule has 0 aromatic rings. The minimum atomic E-state index is -3.71. The van der Waals surface area contributed by atoms with E-state index in [0.717, 1.165) is 22.6 Å². The smallest absolute Gasteiger partial charge is 0.228 e. The lowest BCUT2D eigenvalue weighted by atomic mass is 10.8. The van der Waals surface area contributed by atoms with Crippen molar-refractivity contribution in [2.75, 3.05) is 0 Å². The van der Waals surface area contributed by atoms with Crippen LogP contribution >= 0.6 is 34.2 Å². The van der Waals surface area contributed by atoms with Crippen molar-refractivity contribution in [3.05, 3.63) is 0 Å². The molecule has 0 aromatic heterocycles. The lowest BCUT2D eigenvalue weighted by Crippen LogP contribution is -2.15. The van der Waals surface area contributed by atoms with E-state index in [0.29, 0.717) is 0 Å². The zero-order chi connectivity index (χ0) is 6.08. The van der Waals surface area contributed by atoms with Gasteiger partial charge in [-0.25, -0.2) is 4.39 Å². The summed E-state index contributed by atoms with van der Waals surface area (Å²) in [4.78, 5) is 0. The molecule has 0 N–H and O–H groups in total. The van der Waals surface area contributed by atoms with Crippen molar-refractivity contribution in [1.82, 2.24) is 0 Å². The molecule has 0 heterocycles. The fourth-order valence-electron chi connectivity index (χ4n) is 0. The summed E-state index contributed by atoms with van der Waals surface area (Å²) in [7, 11) is 0. The van der Waals surface area contributed by atoms with Crippen LogP contribution in [0.25, 0.3) is 0 Å². The molecule has 5 heteroatoms. The van der Waals surface area contributed by atoms with E-state index in [2.05, 4.69) is 11.6 Å². The van der Waals surface area contributed by atoms with Gasteiger partial charge in [0.2, 0.25) is 4.18 Å². The van der Waals surface area contributed by atoms with Crippen molar-refractivity contribution < 1.29 is 13.2 Å². The van der Waals surface area contributed by atoms with Crippen LogP contribution in [0.5, 0.6) is 0 Å². The summed E-state index contributed by atoms with van der Waals surface area (Å²) in [6.45, 7) is 0. The van der Waals surface area contributed by atoms with E-state index in [1.54, 1.807) is 0 Å². The summed E-state index contributed by atoms with van der Waals surface area (Å²) in [6.07, 6.45) is 0. The standard InChI is InChI=1S/C2HClF3I/c3-2(5,6)1(4)7/h1H/t1-/m0/s1. The van der Waals surface area contributed by atoms with Crippen molar-refractivity contribution in [2.24, 2.45) is 0 Å². The van der Waals surface area contributed by atoms with Gasteiger partial charge in [0.25, 0.3) is 0 Å². The van der Waals surface area contributed by atoms with Gasteiger partial charge in [-0.2, -0.15) is 8.78 Å². The van der Waals surface area contributed by atoms with E-state index in [4.69, 9.17) is 0 Å². The third-order valence-electron chi connectivity index (χ3n) is 0.247. The number of rotatable bonds is 1. The molecule has 0 aliphatic carbocycles. The Kier molecular flexibility index (Phi) is 2.67. The molecule has 7 heavy (non-hydrogen) atoms. The summed E-state index contributed by atoms with van der Waals surface area (Å²) in [6, 6.07) is 0. The van der Waals surface area contributed by atoms with Crippen LogP contribution in [0.4, 0.5) is 13.2 Å². The van der Waals surface area contributed by atoms with Crippen molar-refractivity contribution in [3.8, 4) is 0 Å². The molecule has 0 aliphatic rings. The Morgan fingerprint density at radius 3 is 1.71 bits per heavy atom. The van der Waals surface area contributed by atoms with E-state index in [1.165, 1.54) is 0 Å². The minimum absolute atomic E-state index is 0.901. The Balaban J connectivity index is 3.54. The summed E-state index contributed by atoms with van der Waals surface area (Å²) in [5.74, 6) is 0. The van der Waals surface area contributed by atoms with Crippen LogP contribution in [0.2, 0.25) is 0 Å². The average molecular weight is 244 g/mol. The number of hydrogen-bond acceptors (Lipinski definition) is 0. The Morgan fingerprint density at radius 1 is 1.57 bits per heavy atom. The summed E-state index contributed by atoms with van der Waals surface area (Å²) < 4.78 is 31.5.